The van der Waals surface area contributed by atoms with Crippen LogP contribution in [0.2, 0.25) is 0 Å². The number of carbonyl (C=O) groups excluding carboxylic acids is 1. The Hall–Kier alpha value is -4.12. The quantitative estimate of drug-likeness (QED) is 0.525. The lowest BCUT2D eigenvalue weighted by Gasteiger charge is -2.23. The Morgan fingerprint density at radius 2 is 1.75 bits per heavy atom. The molecule has 0 bridgehead atoms. The van der Waals surface area contributed by atoms with Gasteiger partial charge in [-0.3, -0.25) is 9.69 Å². The van der Waals surface area contributed by atoms with E-state index in [1.54, 1.807) is 23.1 Å². The summed E-state index contributed by atoms with van der Waals surface area (Å²) in [5, 5.41) is 9.46. The molecule has 1 amide bonds. The minimum atomic E-state index is -1.03. The van der Waals surface area contributed by atoms with Crippen LogP contribution < -0.4 is 9.64 Å². The standard InChI is InChI=1S/C27H23NO4/c1-3-32-23-13-10-19(11-14-23)15-22-17-25(20-7-5-4-6-8-20)28(26(22)29)24-16-21(27(30)31)12-9-18(24)2/h4-17H,3H2,1-2H3,(H,30,31)/b22-15+. The van der Waals surface area contributed by atoms with E-state index in [0.717, 1.165) is 22.4 Å². The number of aryl methyl sites for hydroxylation is 1. The molecule has 0 saturated heterocycles. The van der Waals surface area contributed by atoms with Gasteiger partial charge < -0.3 is 9.84 Å². The van der Waals surface area contributed by atoms with Crippen LogP contribution in [0.3, 0.4) is 0 Å². The zero-order valence-corrected chi connectivity index (χ0v) is 17.9. The van der Waals surface area contributed by atoms with Crippen molar-refractivity contribution in [3.63, 3.8) is 0 Å². The van der Waals surface area contributed by atoms with Crippen LogP contribution in [0.15, 0.2) is 84.4 Å². The molecular weight excluding hydrogens is 402 g/mol. The molecule has 3 aromatic carbocycles. The van der Waals surface area contributed by atoms with Gasteiger partial charge in [-0.25, -0.2) is 4.79 Å². The van der Waals surface area contributed by atoms with Gasteiger partial charge in [-0.2, -0.15) is 0 Å². The molecule has 1 heterocycles. The highest BCUT2D eigenvalue weighted by atomic mass is 16.5. The van der Waals surface area contributed by atoms with Gasteiger partial charge >= 0.3 is 5.97 Å². The molecule has 4 rings (SSSR count). The van der Waals surface area contributed by atoms with Gasteiger partial charge in [0.25, 0.3) is 5.91 Å². The van der Waals surface area contributed by atoms with E-state index in [0.29, 0.717) is 23.6 Å². The zero-order chi connectivity index (χ0) is 22.7. The van der Waals surface area contributed by atoms with Gasteiger partial charge in [-0.15, -0.1) is 0 Å². The minimum Gasteiger partial charge on any atom is -0.494 e. The highest BCUT2D eigenvalue weighted by molar-refractivity contribution is 6.23. The van der Waals surface area contributed by atoms with Crippen LogP contribution in [0, 0.1) is 6.92 Å². The maximum Gasteiger partial charge on any atom is 0.335 e. The summed E-state index contributed by atoms with van der Waals surface area (Å²) in [6, 6.07) is 22.0. The maximum absolute atomic E-state index is 13.5. The second kappa shape index (κ2) is 8.94. The Morgan fingerprint density at radius 1 is 1.03 bits per heavy atom. The Balaban J connectivity index is 1.80. The predicted octanol–water partition coefficient (Wildman–Crippen LogP) is 5.56. The monoisotopic (exact) mass is 425 g/mol. The molecule has 0 saturated carbocycles. The molecule has 0 unspecified atom stereocenters. The number of carbonyl (C=O) groups is 2. The molecule has 0 atom stereocenters. The molecule has 0 aromatic heterocycles. The Morgan fingerprint density at radius 3 is 2.41 bits per heavy atom. The van der Waals surface area contributed by atoms with Crippen LogP contribution in [-0.2, 0) is 4.79 Å². The van der Waals surface area contributed by atoms with Gasteiger partial charge in [0.2, 0.25) is 0 Å². The highest BCUT2D eigenvalue weighted by Gasteiger charge is 2.31. The number of nitrogens with zero attached hydrogens (tertiary/aromatic N) is 1. The van der Waals surface area contributed by atoms with Crippen LogP contribution >= 0.6 is 0 Å². The van der Waals surface area contributed by atoms with Crippen molar-refractivity contribution in [2.24, 2.45) is 0 Å². The number of hydrogen-bond acceptors (Lipinski definition) is 3. The Labute approximate surface area is 186 Å². The largest absolute Gasteiger partial charge is 0.494 e. The molecule has 0 spiro atoms. The van der Waals surface area contributed by atoms with E-state index in [2.05, 4.69) is 0 Å². The number of carboxylic acids is 1. The fraction of sp³-hybridized carbons (Fsp3) is 0.111. The van der Waals surface area contributed by atoms with Gasteiger partial charge in [0.15, 0.2) is 0 Å². The summed E-state index contributed by atoms with van der Waals surface area (Å²) in [4.78, 5) is 26.7. The van der Waals surface area contributed by atoms with Crippen LogP contribution in [-0.4, -0.2) is 23.6 Å². The van der Waals surface area contributed by atoms with Crippen molar-refractivity contribution in [2.45, 2.75) is 13.8 Å². The van der Waals surface area contributed by atoms with E-state index >= 15 is 0 Å². The van der Waals surface area contributed by atoms with Crippen LogP contribution in [0.25, 0.3) is 11.8 Å². The first-order chi connectivity index (χ1) is 15.5. The molecule has 1 aliphatic rings. The molecule has 32 heavy (non-hydrogen) atoms. The summed E-state index contributed by atoms with van der Waals surface area (Å²) in [7, 11) is 0. The lowest BCUT2D eigenvalue weighted by Crippen LogP contribution is -2.26. The van der Waals surface area contributed by atoms with Crippen LogP contribution in [0.5, 0.6) is 5.75 Å². The molecule has 0 radical (unpaired) electrons. The number of anilines is 1. The lowest BCUT2D eigenvalue weighted by molar-refractivity contribution is -0.113. The van der Waals surface area contributed by atoms with E-state index in [1.807, 2.05) is 80.6 Å². The summed E-state index contributed by atoms with van der Waals surface area (Å²) < 4.78 is 5.49. The molecule has 5 nitrogen and oxygen atoms in total. The molecule has 5 heteroatoms. The molecule has 3 aromatic rings. The van der Waals surface area contributed by atoms with Crippen molar-refractivity contribution in [3.8, 4) is 5.75 Å². The van der Waals surface area contributed by atoms with Gasteiger partial charge in [0, 0.05) is 5.57 Å². The Bertz CT molecular complexity index is 1220. The topological polar surface area (TPSA) is 66.8 Å². The number of rotatable bonds is 6. The molecular formula is C27H23NO4. The first kappa shape index (κ1) is 21.1. The van der Waals surface area contributed by atoms with Crippen molar-refractivity contribution in [1.29, 1.82) is 0 Å². The van der Waals surface area contributed by atoms with Crippen molar-refractivity contribution in [3.05, 3.63) is 107 Å². The number of ether oxygens (including phenoxy) is 1. The van der Waals surface area contributed by atoms with Gasteiger partial charge in [-0.05, 0) is 67.0 Å². The van der Waals surface area contributed by atoms with E-state index < -0.39 is 5.97 Å². The SMILES string of the molecule is CCOc1ccc(/C=C2\C=C(c3ccccc3)N(c3cc(C(=O)O)ccc3C)C2=O)cc1. The van der Waals surface area contributed by atoms with Crippen molar-refractivity contribution in [1.82, 2.24) is 0 Å². The van der Waals surface area contributed by atoms with E-state index in [-0.39, 0.29) is 11.5 Å². The first-order valence-electron chi connectivity index (χ1n) is 10.4. The van der Waals surface area contributed by atoms with Gasteiger partial charge in [-0.1, -0.05) is 48.5 Å². The smallest absolute Gasteiger partial charge is 0.335 e. The molecule has 1 N–H and O–H groups in total. The summed E-state index contributed by atoms with van der Waals surface area (Å²) in [6.07, 6.45) is 3.68. The summed E-state index contributed by atoms with van der Waals surface area (Å²) in [5.74, 6) is -0.465. The second-order valence-corrected chi connectivity index (χ2v) is 7.44. The lowest BCUT2D eigenvalue weighted by atomic mass is 10.1. The van der Waals surface area contributed by atoms with Crippen molar-refractivity contribution < 1.29 is 19.4 Å². The van der Waals surface area contributed by atoms with Crippen LogP contribution in [0.4, 0.5) is 5.69 Å². The molecule has 160 valence electrons. The van der Waals surface area contributed by atoms with Crippen molar-refractivity contribution in [2.75, 3.05) is 11.5 Å². The van der Waals surface area contributed by atoms with E-state index in [1.165, 1.54) is 0 Å². The average molecular weight is 425 g/mol. The number of aromatic carboxylic acids is 1. The molecule has 0 fully saturated rings. The third-order valence-corrected chi connectivity index (χ3v) is 5.26. The van der Waals surface area contributed by atoms with E-state index in [4.69, 9.17) is 4.74 Å². The maximum atomic E-state index is 13.5. The highest BCUT2D eigenvalue weighted by Crippen LogP contribution is 2.37. The summed E-state index contributed by atoms with van der Waals surface area (Å²) >= 11 is 0. The normalized spacial score (nSPS) is 14.6. The zero-order valence-electron chi connectivity index (χ0n) is 17.9. The van der Waals surface area contributed by atoms with E-state index in [9.17, 15) is 14.7 Å². The van der Waals surface area contributed by atoms with Crippen molar-refractivity contribution >= 4 is 29.3 Å². The van der Waals surface area contributed by atoms with Gasteiger partial charge in [0.05, 0.1) is 23.6 Å². The fourth-order valence-corrected chi connectivity index (χ4v) is 3.67. The third-order valence-electron chi connectivity index (χ3n) is 5.26. The second-order valence-electron chi connectivity index (χ2n) is 7.44. The van der Waals surface area contributed by atoms with Crippen LogP contribution in [0.1, 0.15) is 34.0 Å². The van der Waals surface area contributed by atoms with Gasteiger partial charge in [0.1, 0.15) is 5.75 Å². The minimum absolute atomic E-state index is 0.134. The molecule has 0 aliphatic carbocycles. The summed E-state index contributed by atoms with van der Waals surface area (Å²) in [5.41, 5.74) is 4.48. The summed E-state index contributed by atoms with van der Waals surface area (Å²) in [6.45, 7) is 4.38. The number of carboxylic acid groups (broad SMARTS) is 1. The number of benzene rings is 3. The Kier molecular flexibility index (Phi) is 5.90. The first-order valence-corrected chi connectivity index (χ1v) is 10.4. The predicted molar refractivity (Wildman–Crippen MR) is 126 cm³/mol. The number of hydrogen-bond donors (Lipinski definition) is 1. The fourth-order valence-electron chi connectivity index (χ4n) is 3.67. The molecule has 1 aliphatic heterocycles. The third kappa shape index (κ3) is 4.18. The average Bonchev–Trinajstić information content (AvgIpc) is 3.12. The number of amides is 1.